The van der Waals surface area contributed by atoms with Crippen LogP contribution in [-0.4, -0.2) is 90.1 Å². The zero-order chi connectivity index (χ0) is 16.1. The lowest BCUT2D eigenvalue weighted by Crippen LogP contribution is -2.45. The summed E-state index contributed by atoms with van der Waals surface area (Å²) in [7, 11) is 0. The second-order valence-corrected chi connectivity index (χ2v) is 6.50. The Bertz CT molecular complexity index is 323. The third-order valence-corrected chi connectivity index (χ3v) is 5.53. The molecule has 2 saturated heterocycles. The van der Waals surface area contributed by atoms with Crippen LogP contribution in [0.1, 0.15) is 40.5 Å². The van der Waals surface area contributed by atoms with Crippen molar-refractivity contribution in [2.24, 2.45) is 0 Å². The molecule has 5 heteroatoms. The molecule has 0 N–H and O–H groups in total. The van der Waals surface area contributed by atoms with Gasteiger partial charge in [0.05, 0.1) is 0 Å². The monoisotopic (exact) mass is 310 g/mol. The number of hydrogen-bond acceptors (Lipinski definition) is 3. The second kappa shape index (κ2) is 8.16. The van der Waals surface area contributed by atoms with Crippen molar-refractivity contribution in [3.05, 3.63) is 0 Å². The normalized spacial score (nSPS) is 25.7. The second-order valence-electron chi connectivity index (χ2n) is 6.50. The van der Waals surface area contributed by atoms with Gasteiger partial charge in [-0.05, 0) is 39.0 Å². The van der Waals surface area contributed by atoms with Crippen molar-refractivity contribution in [3.8, 4) is 0 Å². The van der Waals surface area contributed by atoms with Crippen LogP contribution >= 0.6 is 0 Å². The van der Waals surface area contributed by atoms with E-state index in [0.29, 0.717) is 12.1 Å². The minimum atomic E-state index is 0.268. The van der Waals surface area contributed by atoms with E-state index in [4.69, 9.17) is 0 Å². The van der Waals surface area contributed by atoms with E-state index in [0.717, 1.165) is 65.2 Å². The number of hydrogen-bond donors (Lipinski definition) is 0. The van der Waals surface area contributed by atoms with E-state index in [2.05, 4.69) is 47.3 Å². The molecule has 0 spiro atoms. The van der Waals surface area contributed by atoms with Crippen LogP contribution in [0.2, 0.25) is 0 Å². The highest BCUT2D eigenvalue weighted by Gasteiger charge is 2.35. The van der Waals surface area contributed by atoms with Gasteiger partial charge in [-0.1, -0.05) is 27.7 Å². The van der Waals surface area contributed by atoms with Gasteiger partial charge in [0.2, 0.25) is 0 Å². The van der Waals surface area contributed by atoms with Crippen LogP contribution in [0.25, 0.3) is 0 Å². The van der Waals surface area contributed by atoms with E-state index in [1.807, 2.05) is 0 Å². The van der Waals surface area contributed by atoms with Crippen LogP contribution in [-0.2, 0) is 0 Å². The number of likely N-dealkylation sites (N-methyl/N-ethyl adjacent to an activating group) is 2. The number of carbonyl (C=O) groups is 1. The summed E-state index contributed by atoms with van der Waals surface area (Å²) >= 11 is 0. The van der Waals surface area contributed by atoms with Gasteiger partial charge in [-0.3, -0.25) is 9.80 Å². The summed E-state index contributed by atoms with van der Waals surface area (Å²) in [5.41, 5.74) is 0. The lowest BCUT2D eigenvalue weighted by atomic mass is 10.2. The van der Waals surface area contributed by atoms with Gasteiger partial charge in [0.15, 0.2) is 0 Å². The Morgan fingerprint density at radius 1 is 0.818 bits per heavy atom. The van der Waals surface area contributed by atoms with E-state index in [9.17, 15) is 4.79 Å². The van der Waals surface area contributed by atoms with Crippen molar-refractivity contribution < 1.29 is 4.79 Å². The van der Waals surface area contributed by atoms with E-state index in [-0.39, 0.29) is 6.03 Å². The molecule has 2 rings (SSSR count). The van der Waals surface area contributed by atoms with Crippen LogP contribution in [0, 0.1) is 0 Å². The van der Waals surface area contributed by atoms with Gasteiger partial charge in [0.25, 0.3) is 0 Å². The van der Waals surface area contributed by atoms with Gasteiger partial charge in [-0.2, -0.15) is 0 Å². The molecule has 22 heavy (non-hydrogen) atoms. The van der Waals surface area contributed by atoms with Gasteiger partial charge in [-0.25, -0.2) is 4.79 Å². The standard InChI is InChI=1S/C17H34N4O/c1-5-18(6-2)15-9-11-20(13-15)17(22)21-12-10-16(14-21)19(7-3)8-4/h15-16H,5-14H2,1-4H3. The fraction of sp³-hybridized carbons (Fsp3) is 0.941. The molecule has 0 aromatic rings. The van der Waals surface area contributed by atoms with Crippen molar-refractivity contribution in [1.29, 1.82) is 0 Å². The molecule has 0 aromatic carbocycles. The third kappa shape index (κ3) is 3.74. The fourth-order valence-corrected chi connectivity index (χ4v) is 4.11. The highest BCUT2D eigenvalue weighted by atomic mass is 16.2. The first-order valence-corrected chi connectivity index (χ1v) is 9.16. The number of carbonyl (C=O) groups excluding carboxylic acids is 1. The number of nitrogens with zero attached hydrogens (tertiary/aromatic N) is 4. The molecular formula is C17H34N4O. The third-order valence-electron chi connectivity index (χ3n) is 5.53. The van der Waals surface area contributed by atoms with Gasteiger partial charge in [-0.15, -0.1) is 0 Å². The van der Waals surface area contributed by atoms with Crippen LogP contribution in [0.3, 0.4) is 0 Å². The molecule has 0 bridgehead atoms. The molecule has 2 aliphatic heterocycles. The number of urea groups is 1. The van der Waals surface area contributed by atoms with Gasteiger partial charge in [0, 0.05) is 38.3 Å². The van der Waals surface area contributed by atoms with Crippen LogP contribution in [0.4, 0.5) is 4.79 Å². The lowest BCUT2D eigenvalue weighted by Gasteiger charge is -2.29. The first-order valence-electron chi connectivity index (χ1n) is 9.16. The molecule has 2 heterocycles. The van der Waals surface area contributed by atoms with Crippen LogP contribution < -0.4 is 0 Å². The summed E-state index contributed by atoms with van der Waals surface area (Å²) in [5.74, 6) is 0. The number of rotatable bonds is 6. The Morgan fingerprint density at radius 3 is 1.50 bits per heavy atom. The van der Waals surface area contributed by atoms with Crippen molar-refractivity contribution in [1.82, 2.24) is 19.6 Å². The maximum atomic E-state index is 12.8. The summed E-state index contributed by atoms with van der Waals surface area (Å²) in [4.78, 5) is 21.9. The van der Waals surface area contributed by atoms with E-state index >= 15 is 0 Å². The average molecular weight is 310 g/mol. The van der Waals surface area contributed by atoms with Crippen molar-refractivity contribution >= 4 is 6.03 Å². The summed E-state index contributed by atoms with van der Waals surface area (Å²) < 4.78 is 0. The van der Waals surface area contributed by atoms with Crippen molar-refractivity contribution in [3.63, 3.8) is 0 Å². The maximum absolute atomic E-state index is 12.8. The van der Waals surface area contributed by atoms with E-state index < -0.39 is 0 Å². The molecule has 2 amide bonds. The topological polar surface area (TPSA) is 30.0 Å². The SMILES string of the molecule is CCN(CC)C1CCN(C(=O)N2CCC(N(CC)CC)C2)C1. The molecule has 5 nitrogen and oxygen atoms in total. The Morgan fingerprint density at radius 2 is 1.18 bits per heavy atom. The Hall–Kier alpha value is -0.810. The minimum Gasteiger partial charge on any atom is -0.323 e. The number of amides is 2. The molecule has 128 valence electrons. The summed E-state index contributed by atoms with van der Waals surface area (Å²) in [6.07, 6.45) is 2.25. The molecule has 0 saturated carbocycles. The zero-order valence-corrected chi connectivity index (χ0v) is 14.9. The number of likely N-dealkylation sites (tertiary alicyclic amines) is 2. The minimum absolute atomic E-state index is 0.268. The van der Waals surface area contributed by atoms with E-state index in [1.54, 1.807) is 0 Å². The predicted octanol–water partition coefficient (Wildman–Crippen LogP) is 1.94. The largest absolute Gasteiger partial charge is 0.323 e. The van der Waals surface area contributed by atoms with Crippen molar-refractivity contribution in [2.75, 3.05) is 52.4 Å². The summed E-state index contributed by atoms with van der Waals surface area (Å²) in [6.45, 7) is 16.8. The Labute approximate surface area is 136 Å². The quantitative estimate of drug-likeness (QED) is 0.751. The molecule has 0 aliphatic carbocycles. The molecule has 0 aromatic heterocycles. The highest BCUT2D eigenvalue weighted by molar-refractivity contribution is 5.75. The van der Waals surface area contributed by atoms with Crippen LogP contribution in [0.15, 0.2) is 0 Å². The van der Waals surface area contributed by atoms with Crippen molar-refractivity contribution in [2.45, 2.75) is 52.6 Å². The summed E-state index contributed by atoms with van der Waals surface area (Å²) in [5, 5.41) is 0. The van der Waals surface area contributed by atoms with E-state index in [1.165, 1.54) is 0 Å². The summed E-state index contributed by atoms with van der Waals surface area (Å²) in [6, 6.07) is 1.38. The average Bonchev–Trinajstić information content (AvgIpc) is 3.19. The first kappa shape index (κ1) is 17.5. The van der Waals surface area contributed by atoms with Gasteiger partial charge in [0.1, 0.15) is 0 Å². The molecular weight excluding hydrogens is 276 g/mol. The Kier molecular flexibility index (Phi) is 6.50. The lowest BCUT2D eigenvalue weighted by molar-refractivity contribution is 0.157. The van der Waals surface area contributed by atoms with Gasteiger partial charge < -0.3 is 9.80 Å². The predicted molar refractivity (Wildman–Crippen MR) is 91.2 cm³/mol. The zero-order valence-electron chi connectivity index (χ0n) is 14.9. The molecule has 2 aliphatic rings. The van der Waals surface area contributed by atoms with Gasteiger partial charge >= 0.3 is 6.03 Å². The molecule has 2 atom stereocenters. The molecule has 2 unspecified atom stereocenters. The molecule has 0 radical (unpaired) electrons. The maximum Gasteiger partial charge on any atom is 0.320 e. The van der Waals surface area contributed by atoms with Crippen LogP contribution in [0.5, 0.6) is 0 Å². The first-order chi connectivity index (χ1) is 10.6. The highest BCUT2D eigenvalue weighted by Crippen LogP contribution is 2.21. The fourth-order valence-electron chi connectivity index (χ4n) is 4.11. The smallest absolute Gasteiger partial charge is 0.320 e. The Balaban J connectivity index is 1.86. The molecule has 2 fully saturated rings.